The summed E-state index contributed by atoms with van der Waals surface area (Å²) in [6.07, 6.45) is 3.92. The SMILES string of the molecule is Cc1ccc(CC(C)(CNC2CC2)C(C)C)cc1C. The smallest absolute Gasteiger partial charge is 0.00684 e. The third kappa shape index (κ3) is 3.82. The lowest BCUT2D eigenvalue weighted by molar-refractivity contribution is 0.206. The molecule has 1 aliphatic rings. The van der Waals surface area contributed by atoms with Gasteiger partial charge in [0, 0.05) is 12.6 Å². The summed E-state index contributed by atoms with van der Waals surface area (Å²) in [4.78, 5) is 0. The Labute approximate surface area is 118 Å². The van der Waals surface area contributed by atoms with Crippen molar-refractivity contribution in [3.05, 3.63) is 34.9 Å². The molecule has 1 unspecified atom stereocenters. The minimum Gasteiger partial charge on any atom is -0.313 e. The normalized spacial score (nSPS) is 18.6. The van der Waals surface area contributed by atoms with Crippen molar-refractivity contribution in [2.45, 2.75) is 59.9 Å². The van der Waals surface area contributed by atoms with E-state index >= 15 is 0 Å². The molecule has 2 rings (SSSR count). The highest BCUT2D eigenvalue weighted by molar-refractivity contribution is 5.30. The molecular weight excluding hydrogens is 230 g/mol. The van der Waals surface area contributed by atoms with E-state index in [0.29, 0.717) is 11.3 Å². The van der Waals surface area contributed by atoms with E-state index < -0.39 is 0 Å². The maximum Gasteiger partial charge on any atom is 0.00684 e. The van der Waals surface area contributed by atoms with Gasteiger partial charge in [0.1, 0.15) is 0 Å². The van der Waals surface area contributed by atoms with Crippen LogP contribution in [0.5, 0.6) is 0 Å². The summed E-state index contributed by atoms with van der Waals surface area (Å²) in [5, 5.41) is 3.72. The van der Waals surface area contributed by atoms with Gasteiger partial charge in [0.05, 0.1) is 0 Å². The summed E-state index contributed by atoms with van der Waals surface area (Å²) in [6.45, 7) is 12.7. The van der Waals surface area contributed by atoms with Gasteiger partial charge in [0.15, 0.2) is 0 Å². The van der Waals surface area contributed by atoms with E-state index in [-0.39, 0.29) is 0 Å². The second-order valence-corrected chi connectivity index (χ2v) is 7.06. The lowest BCUT2D eigenvalue weighted by Gasteiger charge is -2.34. The van der Waals surface area contributed by atoms with Gasteiger partial charge in [-0.15, -0.1) is 0 Å². The van der Waals surface area contributed by atoms with Crippen LogP contribution >= 0.6 is 0 Å². The first-order chi connectivity index (χ1) is 8.90. The van der Waals surface area contributed by atoms with Crippen LogP contribution in [0.4, 0.5) is 0 Å². The second kappa shape index (κ2) is 5.66. The first-order valence-electron chi connectivity index (χ1n) is 7.70. The highest BCUT2D eigenvalue weighted by Gasteiger charge is 2.31. The van der Waals surface area contributed by atoms with Crippen molar-refractivity contribution in [2.24, 2.45) is 11.3 Å². The average Bonchev–Trinajstić information content (AvgIpc) is 3.15. The van der Waals surface area contributed by atoms with Gasteiger partial charge in [-0.3, -0.25) is 0 Å². The van der Waals surface area contributed by atoms with Crippen LogP contribution in [-0.2, 0) is 6.42 Å². The predicted octanol–water partition coefficient (Wildman–Crippen LogP) is 4.26. The van der Waals surface area contributed by atoms with Gasteiger partial charge in [0.25, 0.3) is 0 Å². The molecule has 1 aromatic carbocycles. The van der Waals surface area contributed by atoms with Crippen LogP contribution in [0.15, 0.2) is 18.2 Å². The molecule has 1 N–H and O–H groups in total. The van der Waals surface area contributed by atoms with Gasteiger partial charge in [-0.1, -0.05) is 39.0 Å². The van der Waals surface area contributed by atoms with Crippen LogP contribution in [0.2, 0.25) is 0 Å². The summed E-state index contributed by atoms with van der Waals surface area (Å²) < 4.78 is 0. The molecule has 0 radical (unpaired) electrons. The molecule has 1 aromatic rings. The Hall–Kier alpha value is -0.820. The Balaban J connectivity index is 2.07. The van der Waals surface area contributed by atoms with Gasteiger partial charge < -0.3 is 5.32 Å². The predicted molar refractivity (Wildman–Crippen MR) is 83.6 cm³/mol. The van der Waals surface area contributed by atoms with E-state index in [1.807, 2.05) is 0 Å². The van der Waals surface area contributed by atoms with Crippen molar-refractivity contribution >= 4 is 0 Å². The van der Waals surface area contributed by atoms with E-state index in [0.717, 1.165) is 12.6 Å². The van der Waals surface area contributed by atoms with E-state index in [9.17, 15) is 0 Å². The monoisotopic (exact) mass is 259 g/mol. The molecule has 0 saturated heterocycles. The second-order valence-electron chi connectivity index (χ2n) is 7.06. The molecule has 1 saturated carbocycles. The Morgan fingerprint density at radius 3 is 2.42 bits per heavy atom. The summed E-state index contributed by atoms with van der Waals surface area (Å²) in [7, 11) is 0. The topological polar surface area (TPSA) is 12.0 Å². The number of hydrogen-bond donors (Lipinski definition) is 1. The molecule has 106 valence electrons. The minimum atomic E-state index is 0.351. The fourth-order valence-corrected chi connectivity index (χ4v) is 2.52. The van der Waals surface area contributed by atoms with Crippen molar-refractivity contribution in [1.82, 2.24) is 5.32 Å². The van der Waals surface area contributed by atoms with E-state index in [4.69, 9.17) is 0 Å². The molecule has 0 spiro atoms. The fraction of sp³-hybridized carbons (Fsp3) is 0.667. The summed E-state index contributed by atoms with van der Waals surface area (Å²) >= 11 is 0. The molecule has 0 amide bonds. The third-order valence-corrected chi connectivity index (χ3v) is 4.95. The van der Waals surface area contributed by atoms with Gasteiger partial charge in [-0.05, 0) is 61.1 Å². The zero-order valence-electron chi connectivity index (χ0n) is 13.2. The Morgan fingerprint density at radius 1 is 1.21 bits per heavy atom. The molecule has 0 aliphatic heterocycles. The minimum absolute atomic E-state index is 0.351. The van der Waals surface area contributed by atoms with Crippen LogP contribution in [0.3, 0.4) is 0 Å². The largest absolute Gasteiger partial charge is 0.313 e. The summed E-state index contributed by atoms with van der Waals surface area (Å²) in [5.74, 6) is 0.695. The number of hydrogen-bond acceptors (Lipinski definition) is 1. The number of rotatable bonds is 6. The van der Waals surface area contributed by atoms with Gasteiger partial charge in [-0.25, -0.2) is 0 Å². The van der Waals surface area contributed by atoms with Crippen molar-refractivity contribution in [3.63, 3.8) is 0 Å². The van der Waals surface area contributed by atoms with Crippen LogP contribution in [0, 0.1) is 25.2 Å². The van der Waals surface area contributed by atoms with Gasteiger partial charge in [-0.2, -0.15) is 0 Å². The molecule has 0 aromatic heterocycles. The van der Waals surface area contributed by atoms with Crippen LogP contribution in [-0.4, -0.2) is 12.6 Å². The first-order valence-corrected chi connectivity index (χ1v) is 7.70. The molecule has 1 atom stereocenters. The van der Waals surface area contributed by atoms with E-state index in [1.54, 1.807) is 0 Å². The quantitative estimate of drug-likeness (QED) is 0.805. The zero-order chi connectivity index (χ0) is 14.0. The van der Waals surface area contributed by atoms with E-state index in [1.165, 1.54) is 36.0 Å². The molecular formula is C18H29N. The third-order valence-electron chi connectivity index (χ3n) is 4.95. The molecule has 19 heavy (non-hydrogen) atoms. The zero-order valence-corrected chi connectivity index (χ0v) is 13.2. The highest BCUT2D eigenvalue weighted by atomic mass is 15.0. The Kier molecular flexibility index (Phi) is 4.35. The fourth-order valence-electron chi connectivity index (χ4n) is 2.52. The summed E-state index contributed by atoms with van der Waals surface area (Å²) in [6, 6.07) is 7.74. The molecule has 1 fully saturated rings. The lowest BCUT2D eigenvalue weighted by atomic mass is 9.74. The first kappa shape index (κ1) is 14.6. The van der Waals surface area contributed by atoms with Crippen LogP contribution in [0.25, 0.3) is 0 Å². The van der Waals surface area contributed by atoms with Crippen LogP contribution < -0.4 is 5.32 Å². The van der Waals surface area contributed by atoms with E-state index in [2.05, 4.69) is 58.1 Å². The summed E-state index contributed by atoms with van der Waals surface area (Å²) in [5.41, 5.74) is 4.64. The Bertz CT molecular complexity index is 431. The Morgan fingerprint density at radius 2 is 1.89 bits per heavy atom. The average molecular weight is 259 g/mol. The standard InChI is InChI=1S/C18H29N/c1-13(2)18(5,12-19-17-8-9-17)11-16-7-6-14(3)15(4)10-16/h6-7,10,13,17,19H,8-9,11-12H2,1-5H3. The van der Waals surface area contributed by atoms with Gasteiger partial charge >= 0.3 is 0 Å². The maximum absolute atomic E-state index is 3.72. The van der Waals surface area contributed by atoms with Gasteiger partial charge in [0.2, 0.25) is 0 Å². The molecule has 1 heteroatoms. The highest BCUT2D eigenvalue weighted by Crippen LogP contribution is 2.32. The molecule has 0 bridgehead atoms. The number of nitrogens with one attached hydrogen (secondary N) is 1. The maximum atomic E-state index is 3.72. The number of benzene rings is 1. The molecule has 1 nitrogen and oxygen atoms in total. The van der Waals surface area contributed by atoms with Crippen LogP contribution in [0.1, 0.15) is 50.3 Å². The van der Waals surface area contributed by atoms with Crippen molar-refractivity contribution in [2.75, 3.05) is 6.54 Å². The molecule has 0 heterocycles. The molecule has 1 aliphatic carbocycles. The number of aryl methyl sites for hydroxylation is 2. The van der Waals surface area contributed by atoms with Crippen molar-refractivity contribution < 1.29 is 0 Å². The van der Waals surface area contributed by atoms with Crippen molar-refractivity contribution in [1.29, 1.82) is 0 Å². The van der Waals surface area contributed by atoms with Crippen molar-refractivity contribution in [3.8, 4) is 0 Å². The lowest BCUT2D eigenvalue weighted by Crippen LogP contribution is -2.38.